The molecular formula is C28H33F2N3O5. The molecule has 0 atom stereocenters. The summed E-state index contributed by atoms with van der Waals surface area (Å²) < 4.78 is 34.8. The molecule has 38 heavy (non-hydrogen) atoms. The van der Waals surface area contributed by atoms with Gasteiger partial charge in [-0.1, -0.05) is 0 Å². The van der Waals surface area contributed by atoms with Crippen LogP contribution in [-0.4, -0.2) is 55.2 Å². The number of nitrogens with one attached hydrogen (secondary N) is 2. The van der Waals surface area contributed by atoms with Crippen molar-refractivity contribution in [3.63, 3.8) is 0 Å². The molecule has 4 rings (SSSR count). The molecule has 10 heteroatoms. The number of piperidine rings is 1. The number of amides is 2. The second kappa shape index (κ2) is 12.7. The van der Waals surface area contributed by atoms with E-state index in [0.29, 0.717) is 31.2 Å². The van der Waals surface area contributed by atoms with Crippen molar-refractivity contribution in [2.24, 2.45) is 5.92 Å². The van der Waals surface area contributed by atoms with Crippen molar-refractivity contribution in [2.75, 3.05) is 31.1 Å². The zero-order chi connectivity index (χ0) is 27.1. The Labute approximate surface area is 220 Å². The molecule has 1 aliphatic heterocycles. The minimum atomic E-state index is -1.06. The molecule has 2 aromatic rings. The average Bonchev–Trinajstić information content (AvgIpc) is 2.91. The van der Waals surface area contributed by atoms with Gasteiger partial charge in [0.15, 0.2) is 0 Å². The molecule has 1 heterocycles. The Morgan fingerprint density at radius 2 is 1.45 bits per heavy atom. The fourth-order valence-corrected chi connectivity index (χ4v) is 4.97. The van der Waals surface area contributed by atoms with Gasteiger partial charge in [-0.25, -0.2) is 8.78 Å². The van der Waals surface area contributed by atoms with Gasteiger partial charge in [-0.05, 0) is 69.2 Å². The first-order chi connectivity index (χ1) is 18.3. The van der Waals surface area contributed by atoms with E-state index in [9.17, 15) is 23.2 Å². The number of hydrogen-bond donors (Lipinski definition) is 3. The molecule has 1 aliphatic carbocycles. The maximum absolute atomic E-state index is 14.6. The Morgan fingerprint density at radius 1 is 0.868 bits per heavy atom. The Balaban J connectivity index is 1.23. The molecule has 8 nitrogen and oxygen atoms in total. The summed E-state index contributed by atoms with van der Waals surface area (Å²) in [5, 5.41) is 14.2. The third-order valence-corrected chi connectivity index (χ3v) is 7.12. The van der Waals surface area contributed by atoms with Crippen LogP contribution in [0.3, 0.4) is 0 Å². The molecule has 2 amide bonds. The van der Waals surface area contributed by atoms with Crippen molar-refractivity contribution < 1.29 is 33.0 Å². The monoisotopic (exact) mass is 529 g/mol. The molecule has 0 spiro atoms. The lowest BCUT2D eigenvalue weighted by Crippen LogP contribution is -2.35. The molecule has 2 fully saturated rings. The van der Waals surface area contributed by atoms with E-state index in [-0.39, 0.29) is 30.9 Å². The third-order valence-electron chi connectivity index (χ3n) is 7.12. The predicted octanol–water partition coefficient (Wildman–Crippen LogP) is 4.14. The number of carbonyl (C=O) groups is 3. The number of benzene rings is 2. The van der Waals surface area contributed by atoms with Gasteiger partial charge in [0, 0.05) is 49.6 Å². The molecule has 2 aliphatic rings. The van der Waals surface area contributed by atoms with Crippen LogP contribution in [0, 0.1) is 17.6 Å². The van der Waals surface area contributed by atoms with Crippen LogP contribution >= 0.6 is 0 Å². The van der Waals surface area contributed by atoms with Crippen LogP contribution < -0.4 is 20.3 Å². The Hall–Kier alpha value is -3.69. The van der Waals surface area contributed by atoms with E-state index in [0.717, 1.165) is 43.8 Å². The lowest BCUT2D eigenvalue weighted by Gasteiger charge is -2.28. The summed E-state index contributed by atoms with van der Waals surface area (Å²) in [5.41, 5.74) is 0.840. The van der Waals surface area contributed by atoms with E-state index < -0.39 is 35.0 Å². The standard InChI is InChI=1S/C28H33F2N3O5/c29-23-16-22(38-21-10-6-19(7-11-21)28(36)37)17-24(30)25(23)27(35)32-13-12-31-26(34)18-4-8-20(9-5-18)33-14-2-1-3-15-33/h4-5,8-9,16-17,19,21H,1-3,6-7,10-15H2,(H,31,34)(H,32,35)(H,36,37)/t19-,21+. The molecule has 204 valence electrons. The first-order valence-corrected chi connectivity index (χ1v) is 13.1. The van der Waals surface area contributed by atoms with Crippen LogP contribution in [0.2, 0.25) is 0 Å². The van der Waals surface area contributed by atoms with Crippen LogP contribution in [0.15, 0.2) is 36.4 Å². The number of carboxylic acids is 1. The number of halogens is 2. The first kappa shape index (κ1) is 27.3. The van der Waals surface area contributed by atoms with Gasteiger partial charge >= 0.3 is 5.97 Å². The van der Waals surface area contributed by atoms with E-state index in [1.165, 1.54) is 6.42 Å². The number of carbonyl (C=O) groups excluding carboxylic acids is 2. The molecule has 0 aromatic heterocycles. The Bertz CT molecular complexity index is 1120. The molecule has 3 N–H and O–H groups in total. The zero-order valence-electron chi connectivity index (χ0n) is 21.2. The smallest absolute Gasteiger partial charge is 0.306 e. The van der Waals surface area contributed by atoms with Gasteiger partial charge in [0.1, 0.15) is 22.9 Å². The van der Waals surface area contributed by atoms with Crippen LogP contribution in [0.1, 0.15) is 65.7 Å². The van der Waals surface area contributed by atoms with Gasteiger partial charge in [0.25, 0.3) is 11.8 Å². The van der Waals surface area contributed by atoms with E-state index in [1.807, 2.05) is 12.1 Å². The summed E-state index contributed by atoms with van der Waals surface area (Å²) >= 11 is 0. The molecule has 1 saturated carbocycles. The minimum absolute atomic E-state index is 0.0135. The van der Waals surface area contributed by atoms with Gasteiger partial charge in [-0.3, -0.25) is 14.4 Å². The predicted molar refractivity (Wildman–Crippen MR) is 138 cm³/mol. The second-order valence-corrected chi connectivity index (χ2v) is 9.80. The SMILES string of the molecule is O=C(NCCNC(=O)c1c(F)cc(O[C@H]2CC[C@@H](C(=O)O)CC2)cc1F)c1ccc(N2CCCCC2)cc1. The van der Waals surface area contributed by atoms with Gasteiger partial charge in [0.2, 0.25) is 0 Å². The number of anilines is 1. The number of ether oxygens (including phenoxy) is 1. The molecule has 0 radical (unpaired) electrons. The maximum atomic E-state index is 14.6. The zero-order valence-corrected chi connectivity index (χ0v) is 21.2. The van der Waals surface area contributed by atoms with Crippen LogP contribution in [0.5, 0.6) is 5.75 Å². The summed E-state index contributed by atoms with van der Waals surface area (Å²) in [5.74, 6) is -4.69. The average molecular weight is 530 g/mol. The second-order valence-electron chi connectivity index (χ2n) is 9.80. The lowest BCUT2D eigenvalue weighted by molar-refractivity contribution is -0.143. The van der Waals surface area contributed by atoms with E-state index in [2.05, 4.69) is 15.5 Å². The number of hydrogen-bond acceptors (Lipinski definition) is 5. The van der Waals surface area contributed by atoms with E-state index in [1.54, 1.807) is 12.1 Å². The van der Waals surface area contributed by atoms with E-state index >= 15 is 0 Å². The van der Waals surface area contributed by atoms with Crippen molar-refractivity contribution in [2.45, 2.75) is 51.0 Å². The number of aliphatic carboxylic acids is 1. The van der Waals surface area contributed by atoms with Crippen molar-refractivity contribution in [3.05, 3.63) is 59.2 Å². The lowest BCUT2D eigenvalue weighted by atomic mass is 9.87. The van der Waals surface area contributed by atoms with Gasteiger partial charge in [-0.2, -0.15) is 0 Å². The summed E-state index contributed by atoms with van der Waals surface area (Å²) in [6.07, 6.45) is 5.04. The number of nitrogens with zero attached hydrogens (tertiary/aromatic N) is 1. The number of carboxylic acid groups (broad SMARTS) is 1. The normalized spacial score (nSPS) is 19.5. The van der Waals surface area contributed by atoms with Crippen molar-refractivity contribution in [1.82, 2.24) is 10.6 Å². The van der Waals surface area contributed by atoms with Gasteiger partial charge < -0.3 is 25.4 Å². The summed E-state index contributed by atoms with van der Waals surface area (Å²) in [7, 11) is 0. The highest BCUT2D eigenvalue weighted by atomic mass is 19.1. The Kier molecular flexibility index (Phi) is 9.15. The maximum Gasteiger partial charge on any atom is 0.306 e. The summed E-state index contributed by atoms with van der Waals surface area (Å²) in [6, 6.07) is 9.26. The minimum Gasteiger partial charge on any atom is -0.490 e. The summed E-state index contributed by atoms with van der Waals surface area (Å²) in [6.45, 7) is 2.09. The summed E-state index contributed by atoms with van der Waals surface area (Å²) in [4.78, 5) is 38.2. The van der Waals surface area contributed by atoms with Gasteiger partial charge in [0.05, 0.1) is 12.0 Å². The molecule has 0 bridgehead atoms. The van der Waals surface area contributed by atoms with E-state index in [4.69, 9.17) is 9.84 Å². The topological polar surface area (TPSA) is 108 Å². The highest BCUT2D eigenvalue weighted by Crippen LogP contribution is 2.29. The fourth-order valence-electron chi connectivity index (χ4n) is 4.97. The largest absolute Gasteiger partial charge is 0.490 e. The van der Waals surface area contributed by atoms with Crippen molar-refractivity contribution >= 4 is 23.5 Å². The fraction of sp³-hybridized carbons (Fsp3) is 0.464. The molecular weight excluding hydrogens is 496 g/mol. The molecule has 1 saturated heterocycles. The highest BCUT2D eigenvalue weighted by Gasteiger charge is 2.28. The number of rotatable bonds is 9. The van der Waals surface area contributed by atoms with Crippen LogP contribution in [0.4, 0.5) is 14.5 Å². The Morgan fingerprint density at radius 3 is 2.03 bits per heavy atom. The van der Waals surface area contributed by atoms with Crippen LogP contribution in [-0.2, 0) is 4.79 Å². The molecule has 0 unspecified atom stereocenters. The first-order valence-electron chi connectivity index (χ1n) is 13.1. The van der Waals surface area contributed by atoms with Gasteiger partial charge in [-0.15, -0.1) is 0 Å². The quantitative estimate of drug-likeness (QED) is 0.422. The molecule has 2 aromatic carbocycles. The third kappa shape index (κ3) is 6.99. The van der Waals surface area contributed by atoms with Crippen molar-refractivity contribution in [1.29, 1.82) is 0 Å². The van der Waals surface area contributed by atoms with Crippen molar-refractivity contribution in [3.8, 4) is 5.75 Å². The van der Waals surface area contributed by atoms with Crippen LogP contribution in [0.25, 0.3) is 0 Å². The highest BCUT2D eigenvalue weighted by molar-refractivity contribution is 5.95.